The van der Waals surface area contributed by atoms with Gasteiger partial charge in [0.1, 0.15) is 0 Å². The van der Waals surface area contributed by atoms with Crippen molar-refractivity contribution in [2.75, 3.05) is 0 Å². The van der Waals surface area contributed by atoms with E-state index in [2.05, 4.69) is 28.1 Å². The Morgan fingerprint density at radius 1 is 1.38 bits per heavy atom. The molecule has 21 heavy (non-hydrogen) atoms. The number of hydrogen-bond acceptors (Lipinski definition) is 5. The first-order valence-corrected chi connectivity index (χ1v) is 7.94. The highest BCUT2D eigenvalue weighted by Crippen LogP contribution is 2.22. The molecule has 1 aliphatic heterocycles. The van der Waals surface area contributed by atoms with Crippen LogP contribution in [-0.4, -0.2) is 17.1 Å². The van der Waals surface area contributed by atoms with Crippen molar-refractivity contribution in [3.63, 3.8) is 0 Å². The Hall–Kier alpha value is -1.76. The van der Waals surface area contributed by atoms with Gasteiger partial charge in [-0.05, 0) is 41.1 Å². The number of hydrazine groups is 1. The van der Waals surface area contributed by atoms with Crippen molar-refractivity contribution in [3.05, 3.63) is 52.0 Å². The SMILES string of the molecule is CCc1ccsc1C(=O)NC1CC(c2ccncc2)NN1. The average molecular weight is 302 g/mol. The Morgan fingerprint density at radius 2 is 2.19 bits per heavy atom. The maximum absolute atomic E-state index is 12.3. The number of amides is 1. The van der Waals surface area contributed by atoms with Crippen LogP contribution in [0.1, 0.15) is 40.2 Å². The Bertz CT molecular complexity index is 613. The molecular formula is C15H18N4OS. The van der Waals surface area contributed by atoms with E-state index in [0.717, 1.165) is 23.3 Å². The van der Waals surface area contributed by atoms with Gasteiger partial charge in [0, 0.05) is 24.9 Å². The van der Waals surface area contributed by atoms with Gasteiger partial charge in [0.2, 0.25) is 0 Å². The summed E-state index contributed by atoms with van der Waals surface area (Å²) in [6.45, 7) is 2.06. The van der Waals surface area contributed by atoms with Gasteiger partial charge >= 0.3 is 0 Å². The van der Waals surface area contributed by atoms with Gasteiger partial charge in [0.15, 0.2) is 0 Å². The van der Waals surface area contributed by atoms with Crippen LogP contribution in [-0.2, 0) is 6.42 Å². The Balaban J connectivity index is 1.61. The van der Waals surface area contributed by atoms with Crippen LogP contribution in [0, 0.1) is 0 Å². The molecule has 1 amide bonds. The second kappa shape index (κ2) is 6.34. The fraction of sp³-hybridized carbons (Fsp3) is 0.333. The Kier molecular flexibility index (Phi) is 4.28. The van der Waals surface area contributed by atoms with Crippen LogP contribution in [0.3, 0.4) is 0 Å². The van der Waals surface area contributed by atoms with Crippen LogP contribution in [0.15, 0.2) is 36.0 Å². The molecule has 0 radical (unpaired) electrons. The van der Waals surface area contributed by atoms with E-state index in [-0.39, 0.29) is 18.1 Å². The number of aryl methyl sites for hydroxylation is 1. The van der Waals surface area contributed by atoms with E-state index in [4.69, 9.17) is 0 Å². The Labute approximate surface area is 127 Å². The van der Waals surface area contributed by atoms with Crippen molar-refractivity contribution in [1.82, 2.24) is 21.2 Å². The largest absolute Gasteiger partial charge is 0.335 e. The first-order chi connectivity index (χ1) is 10.3. The van der Waals surface area contributed by atoms with Crippen molar-refractivity contribution >= 4 is 17.2 Å². The van der Waals surface area contributed by atoms with E-state index >= 15 is 0 Å². The molecule has 1 saturated heterocycles. The summed E-state index contributed by atoms with van der Waals surface area (Å²) >= 11 is 1.49. The number of rotatable bonds is 4. The van der Waals surface area contributed by atoms with Crippen molar-refractivity contribution in [3.8, 4) is 0 Å². The van der Waals surface area contributed by atoms with E-state index < -0.39 is 0 Å². The van der Waals surface area contributed by atoms with Gasteiger partial charge in [-0.15, -0.1) is 11.3 Å². The third kappa shape index (κ3) is 3.12. The number of thiophene rings is 1. The highest BCUT2D eigenvalue weighted by atomic mass is 32.1. The second-order valence-corrected chi connectivity index (χ2v) is 5.93. The van der Waals surface area contributed by atoms with Gasteiger partial charge in [-0.25, -0.2) is 10.9 Å². The van der Waals surface area contributed by atoms with E-state index in [1.165, 1.54) is 16.9 Å². The van der Waals surface area contributed by atoms with Gasteiger partial charge in [-0.1, -0.05) is 6.92 Å². The number of nitrogens with one attached hydrogen (secondary N) is 3. The molecule has 0 aromatic carbocycles. The zero-order chi connectivity index (χ0) is 14.7. The molecule has 110 valence electrons. The van der Waals surface area contributed by atoms with Crippen molar-refractivity contribution in [2.24, 2.45) is 0 Å². The molecule has 2 atom stereocenters. The minimum absolute atomic E-state index is 0.00321. The summed E-state index contributed by atoms with van der Waals surface area (Å²) in [5, 5.41) is 5.00. The Morgan fingerprint density at radius 3 is 2.95 bits per heavy atom. The van der Waals surface area contributed by atoms with Crippen LogP contribution >= 0.6 is 11.3 Å². The molecule has 2 aromatic rings. The van der Waals surface area contributed by atoms with E-state index in [9.17, 15) is 4.79 Å². The number of carbonyl (C=O) groups is 1. The molecule has 0 saturated carbocycles. The molecule has 3 rings (SSSR count). The van der Waals surface area contributed by atoms with Crippen LogP contribution in [0.25, 0.3) is 0 Å². The van der Waals surface area contributed by atoms with Gasteiger partial charge < -0.3 is 5.32 Å². The second-order valence-electron chi connectivity index (χ2n) is 5.01. The molecule has 5 nitrogen and oxygen atoms in total. The number of hydrogen-bond donors (Lipinski definition) is 3. The van der Waals surface area contributed by atoms with Gasteiger partial charge in [0.25, 0.3) is 5.91 Å². The maximum Gasteiger partial charge on any atom is 0.262 e. The van der Waals surface area contributed by atoms with Crippen LogP contribution in [0.4, 0.5) is 0 Å². The lowest BCUT2D eigenvalue weighted by Crippen LogP contribution is -2.44. The van der Waals surface area contributed by atoms with E-state index in [1.54, 1.807) is 12.4 Å². The predicted octanol–water partition coefficient (Wildman–Crippen LogP) is 2.00. The lowest BCUT2D eigenvalue weighted by Gasteiger charge is -2.12. The lowest BCUT2D eigenvalue weighted by atomic mass is 10.1. The monoisotopic (exact) mass is 302 g/mol. The molecule has 0 spiro atoms. The maximum atomic E-state index is 12.3. The standard InChI is InChI=1S/C15H18N4OS/c1-2-10-5-8-21-14(10)15(20)17-13-9-12(18-19-13)11-3-6-16-7-4-11/h3-8,12-13,18-19H,2,9H2,1H3,(H,17,20). The summed E-state index contributed by atoms with van der Waals surface area (Å²) in [4.78, 5) is 17.1. The molecule has 3 heterocycles. The summed E-state index contributed by atoms with van der Waals surface area (Å²) in [5.74, 6) is -0.00321. The normalized spacial score (nSPS) is 21.4. The lowest BCUT2D eigenvalue weighted by molar-refractivity contribution is 0.0935. The molecular weight excluding hydrogens is 284 g/mol. The topological polar surface area (TPSA) is 66.0 Å². The van der Waals surface area contributed by atoms with Gasteiger partial charge in [-0.2, -0.15) is 0 Å². The third-order valence-corrected chi connectivity index (χ3v) is 4.61. The number of carbonyl (C=O) groups excluding carboxylic acids is 1. The van der Waals surface area contributed by atoms with Crippen molar-refractivity contribution in [1.29, 1.82) is 0 Å². The summed E-state index contributed by atoms with van der Waals surface area (Å²) < 4.78 is 0. The number of nitrogens with zero attached hydrogens (tertiary/aromatic N) is 1. The minimum atomic E-state index is -0.0672. The van der Waals surface area contributed by atoms with Crippen molar-refractivity contribution < 1.29 is 4.79 Å². The zero-order valence-corrected chi connectivity index (χ0v) is 12.6. The van der Waals surface area contributed by atoms with Crippen LogP contribution in [0.5, 0.6) is 0 Å². The molecule has 1 fully saturated rings. The van der Waals surface area contributed by atoms with Gasteiger partial charge in [-0.3, -0.25) is 9.78 Å². The first-order valence-electron chi connectivity index (χ1n) is 7.06. The fourth-order valence-corrected chi connectivity index (χ4v) is 3.40. The number of aromatic nitrogens is 1. The summed E-state index contributed by atoms with van der Waals surface area (Å²) in [7, 11) is 0. The minimum Gasteiger partial charge on any atom is -0.335 e. The highest BCUT2D eigenvalue weighted by Gasteiger charge is 2.27. The highest BCUT2D eigenvalue weighted by molar-refractivity contribution is 7.12. The fourth-order valence-electron chi connectivity index (χ4n) is 2.50. The van der Waals surface area contributed by atoms with Crippen LogP contribution < -0.4 is 16.2 Å². The first kappa shape index (κ1) is 14.2. The smallest absolute Gasteiger partial charge is 0.262 e. The van der Waals surface area contributed by atoms with Crippen LogP contribution in [0.2, 0.25) is 0 Å². The zero-order valence-electron chi connectivity index (χ0n) is 11.8. The van der Waals surface area contributed by atoms with E-state index in [1.807, 2.05) is 23.6 Å². The third-order valence-electron chi connectivity index (χ3n) is 3.65. The molecule has 0 bridgehead atoms. The molecule has 1 aliphatic rings. The summed E-state index contributed by atoms with van der Waals surface area (Å²) in [6.07, 6.45) is 5.18. The van der Waals surface area contributed by atoms with Gasteiger partial charge in [0.05, 0.1) is 11.0 Å². The average Bonchev–Trinajstić information content (AvgIpc) is 3.16. The molecule has 2 aromatic heterocycles. The molecule has 6 heteroatoms. The number of pyridine rings is 1. The molecule has 2 unspecified atom stereocenters. The van der Waals surface area contributed by atoms with Crippen molar-refractivity contribution in [2.45, 2.75) is 32.0 Å². The molecule has 0 aliphatic carbocycles. The summed E-state index contributed by atoms with van der Waals surface area (Å²) in [5.41, 5.74) is 8.62. The predicted molar refractivity (Wildman–Crippen MR) is 82.8 cm³/mol. The quantitative estimate of drug-likeness (QED) is 0.808. The summed E-state index contributed by atoms with van der Waals surface area (Å²) in [6, 6.07) is 6.17. The molecule has 3 N–H and O–H groups in total. The van der Waals surface area contributed by atoms with E-state index in [0.29, 0.717) is 0 Å².